The zero-order valence-corrected chi connectivity index (χ0v) is 17.7. The van der Waals surface area contributed by atoms with Gasteiger partial charge in [0.15, 0.2) is 5.78 Å². The fourth-order valence-electron chi connectivity index (χ4n) is 3.36. The first kappa shape index (κ1) is 19.9. The average molecular weight is 412 g/mol. The maximum atomic E-state index is 12.8. The van der Waals surface area contributed by atoms with E-state index in [1.54, 1.807) is 24.3 Å². The van der Waals surface area contributed by atoms with Crippen molar-refractivity contribution in [2.75, 3.05) is 4.90 Å². The van der Waals surface area contributed by atoms with Gasteiger partial charge in [0.25, 0.3) is 0 Å². The molecule has 0 aliphatic rings. The fraction of sp³-hybridized carbons (Fsp3) is 0.0741. The lowest BCUT2D eigenvalue weighted by Crippen LogP contribution is -2.10. The second-order valence-corrected chi connectivity index (χ2v) is 7.83. The van der Waals surface area contributed by atoms with Gasteiger partial charge in [0.1, 0.15) is 0 Å². The first-order valence-electron chi connectivity index (χ1n) is 9.85. The molecule has 0 N–H and O–H groups in total. The Hall–Kier alpha value is -3.36. The van der Waals surface area contributed by atoms with Crippen LogP contribution >= 0.6 is 11.6 Å². The van der Waals surface area contributed by atoms with Gasteiger partial charge >= 0.3 is 0 Å². The molecule has 0 spiro atoms. The van der Waals surface area contributed by atoms with Crippen molar-refractivity contribution in [1.82, 2.24) is 0 Å². The molecule has 0 saturated carbocycles. The maximum absolute atomic E-state index is 12.8. The molecule has 4 aromatic carbocycles. The van der Waals surface area contributed by atoms with Crippen molar-refractivity contribution in [2.45, 2.75) is 13.8 Å². The van der Waals surface area contributed by atoms with Crippen LogP contribution in [0.4, 0.5) is 17.1 Å². The van der Waals surface area contributed by atoms with E-state index in [1.165, 1.54) is 11.1 Å². The molecule has 0 radical (unpaired) electrons. The number of rotatable bonds is 5. The van der Waals surface area contributed by atoms with Gasteiger partial charge in [0, 0.05) is 33.2 Å². The van der Waals surface area contributed by atoms with E-state index in [0.717, 1.165) is 17.1 Å². The van der Waals surface area contributed by atoms with E-state index in [2.05, 4.69) is 67.3 Å². The number of nitrogens with zero attached hydrogens (tertiary/aromatic N) is 1. The molecule has 0 atom stereocenters. The van der Waals surface area contributed by atoms with Crippen LogP contribution in [0.3, 0.4) is 0 Å². The van der Waals surface area contributed by atoms with Crippen molar-refractivity contribution in [3.63, 3.8) is 0 Å². The average Bonchev–Trinajstić information content (AvgIpc) is 2.77. The van der Waals surface area contributed by atoms with E-state index in [4.69, 9.17) is 11.6 Å². The van der Waals surface area contributed by atoms with Crippen LogP contribution in [-0.2, 0) is 0 Å². The quantitative estimate of drug-likeness (QED) is 0.314. The van der Waals surface area contributed by atoms with Gasteiger partial charge in [-0.05, 0) is 86.6 Å². The van der Waals surface area contributed by atoms with Crippen LogP contribution in [0.2, 0.25) is 5.02 Å². The highest BCUT2D eigenvalue weighted by atomic mass is 35.5. The summed E-state index contributed by atoms with van der Waals surface area (Å²) in [5, 5.41) is 0.619. The van der Waals surface area contributed by atoms with Crippen molar-refractivity contribution in [2.24, 2.45) is 0 Å². The molecular formula is C27H22ClNO. The van der Waals surface area contributed by atoms with Crippen LogP contribution in [0, 0.1) is 13.8 Å². The molecular weight excluding hydrogens is 390 g/mol. The van der Waals surface area contributed by atoms with Crippen LogP contribution in [0.25, 0.3) is 0 Å². The van der Waals surface area contributed by atoms with E-state index < -0.39 is 0 Å². The van der Waals surface area contributed by atoms with Crippen molar-refractivity contribution in [3.05, 3.63) is 124 Å². The van der Waals surface area contributed by atoms with Gasteiger partial charge in [0.2, 0.25) is 0 Å². The molecule has 148 valence electrons. The Morgan fingerprint density at radius 2 is 0.900 bits per heavy atom. The van der Waals surface area contributed by atoms with Gasteiger partial charge in [-0.3, -0.25) is 4.79 Å². The Labute approximate surface area is 182 Å². The first-order valence-corrected chi connectivity index (χ1v) is 10.2. The lowest BCUT2D eigenvalue weighted by molar-refractivity contribution is 0.103. The van der Waals surface area contributed by atoms with Crippen LogP contribution in [0.15, 0.2) is 97.1 Å². The largest absolute Gasteiger partial charge is 0.311 e. The van der Waals surface area contributed by atoms with E-state index in [1.807, 2.05) is 24.3 Å². The van der Waals surface area contributed by atoms with Crippen LogP contribution in [0.1, 0.15) is 27.0 Å². The summed E-state index contributed by atoms with van der Waals surface area (Å²) in [7, 11) is 0. The monoisotopic (exact) mass is 411 g/mol. The third kappa shape index (κ3) is 4.29. The van der Waals surface area contributed by atoms with Gasteiger partial charge < -0.3 is 4.90 Å². The molecule has 0 aliphatic carbocycles. The molecule has 0 heterocycles. The Kier molecular flexibility index (Phi) is 5.69. The molecule has 2 nitrogen and oxygen atoms in total. The van der Waals surface area contributed by atoms with Crippen LogP contribution in [0.5, 0.6) is 0 Å². The number of aryl methyl sites for hydroxylation is 2. The molecule has 4 aromatic rings. The summed E-state index contributed by atoms with van der Waals surface area (Å²) in [6, 6.07) is 31.6. The third-order valence-corrected chi connectivity index (χ3v) is 5.33. The van der Waals surface area contributed by atoms with Crippen LogP contribution < -0.4 is 4.90 Å². The second kappa shape index (κ2) is 8.56. The number of carbonyl (C=O) groups excluding carboxylic acids is 1. The molecule has 0 amide bonds. The maximum Gasteiger partial charge on any atom is 0.193 e. The molecule has 4 rings (SSSR count). The summed E-state index contributed by atoms with van der Waals surface area (Å²) in [4.78, 5) is 15.0. The van der Waals surface area contributed by atoms with Crippen molar-refractivity contribution in [3.8, 4) is 0 Å². The summed E-state index contributed by atoms with van der Waals surface area (Å²) in [6.45, 7) is 4.16. The minimum Gasteiger partial charge on any atom is -0.311 e. The predicted molar refractivity (Wildman–Crippen MR) is 125 cm³/mol. The number of halogens is 1. The number of anilines is 3. The predicted octanol–water partition coefficient (Wildman–Crippen LogP) is 7.66. The number of hydrogen-bond acceptors (Lipinski definition) is 2. The van der Waals surface area contributed by atoms with Crippen molar-refractivity contribution in [1.29, 1.82) is 0 Å². The molecule has 3 heteroatoms. The number of hydrogen-bond donors (Lipinski definition) is 0. The van der Waals surface area contributed by atoms with Gasteiger partial charge in [-0.25, -0.2) is 0 Å². The van der Waals surface area contributed by atoms with Crippen LogP contribution in [-0.4, -0.2) is 5.78 Å². The van der Waals surface area contributed by atoms with Gasteiger partial charge in [-0.1, -0.05) is 47.0 Å². The summed E-state index contributed by atoms with van der Waals surface area (Å²) in [6.07, 6.45) is 0. The van der Waals surface area contributed by atoms with Gasteiger partial charge in [-0.15, -0.1) is 0 Å². The molecule has 0 bridgehead atoms. The minimum absolute atomic E-state index is 0.0181. The summed E-state index contributed by atoms with van der Waals surface area (Å²) in [5.74, 6) is -0.0181. The van der Waals surface area contributed by atoms with E-state index in [9.17, 15) is 4.79 Å². The third-order valence-electron chi connectivity index (χ3n) is 5.08. The molecule has 0 unspecified atom stereocenters. The van der Waals surface area contributed by atoms with Crippen molar-refractivity contribution >= 4 is 34.4 Å². The lowest BCUT2D eigenvalue weighted by Gasteiger charge is -2.26. The van der Waals surface area contributed by atoms with Gasteiger partial charge in [-0.2, -0.15) is 0 Å². The molecule has 0 fully saturated rings. The van der Waals surface area contributed by atoms with E-state index in [-0.39, 0.29) is 5.78 Å². The SMILES string of the molecule is Cc1ccc(N(c2ccc(C)cc2)c2ccc(C(=O)c3ccc(Cl)cc3)cc2)cc1. The standard InChI is InChI=1S/C27H22ClNO/c1-19-3-13-24(14-4-19)29(25-15-5-20(2)6-16-25)26-17-9-22(10-18-26)27(30)21-7-11-23(28)12-8-21/h3-18H,1-2H3. The highest BCUT2D eigenvalue weighted by Crippen LogP contribution is 2.35. The fourth-order valence-corrected chi connectivity index (χ4v) is 3.49. The molecule has 30 heavy (non-hydrogen) atoms. The molecule has 0 saturated heterocycles. The smallest absolute Gasteiger partial charge is 0.193 e. The highest BCUT2D eigenvalue weighted by molar-refractivity contribution is 6.30. The van der Waals surface area contributed by atoms with Crippen molar-refractivity contribution < 1.29 is 4.79 Å². The number of ketones is 1. The summed E-state index contributed by atoms with van der Waals surface area (Å²) < 4.78 is 0. The Bertz CT molecular complexity index is 1100. The molecule has 0 aliphatic heterocycles. The molecule has 0 aromatic heterocycles. The zero-order chi connectivity index (χ0) is 21.1. The van der Waals surface area contributed by atoms with E-state index >= 15 is 0 Å². The highest BCUT2D eigenvalue weighted by Gasteiger charge is 2.14. The Morgan fingerprint density at radius 3 is 1.30 bits per heavy atom. The van der Waals surface area contributed by atoms with E-state index in [0.29, 0.717) is 16.1 Å². The topological polar surface area (TPSA) is 20.3 Å². The summed E-state index contributed by atoms with van der Waals surface area (Å²) in [5.41, 5.74) is 6.84. The number of carbonyl (C=O) groups is 1. The minimum atomic E-state index is -0.0181. The Balaban J connectivity index is 1.70. The number of benzene rings is 4. The zero-order valence-electron chi connectivity index (χ0n) is 17.0. The van der Waals surface area contributed by atoms with Gasteiger partial charge in [0.05, 0.1) is 0 Å². The first-order chi connectivity index (χ1) is 14.5. The summed E-state index contributed by atoms with van der Waals surface area (Å²) >= 11 is 5.94. The lowest BCUT2D eigenvalue weighted by atomic mass is 10.0. The second-order valence-electron chi connectivity index (χ2n) is 7.39. The Morgan fingerprint density at radius 1 is 0.567 bits per heavy atom. The normalized spacial score (nSPS) is 10.6.